The van der Waals surface area contributed by atoms with Gasteiger partial charge in [0.1, 0.15) is 5.75 Å². The first kappa shape index (κ1) is 17.9. The van der Waals surface area contributed by atoms with Gasteiger partial charge in [-0.1, -0.05) is 0 Å². The third kappa shape index (κ3) is 2.98. The Morgan fingerprint density at radius 1 is 1.15 bits per heavy atom. The molecule has 0 bridgehead atoms. The molecule has 1 fully saturated rings. The Hall–Kier alpha value is -2.45. The van der Waals surface area contributed by atoms with E-state index in [9.17, 15) is 13.2 Å². The molecule has 1 atom stereocenters. The van der Waals surface area contributed by atoms with Gasteiger partial charge in [0.25, 0.3) is 5.91 Å². The molecule has 0 saturated carbocycles. The summed E-state index contributed by atoms with van der Waals surface area (Å²) in [4.78, 5) is 19.0. The highest BCUT2D eigenvalue weighted by Gasteiger charge is 2.44. The number of nitrogens with zero attached hydrogens (tertiary/aromatic N) is 3. The van der Waals surface area contributed by atoms with E-state index in [-0.39, 0.29) is 29.9 Å². The van der Waals surface area contributed by atoms with Crippen LogP contribution < -0.4 is 4.74 Å². The number of amides is 1. The summed E-state index contributed by atoms with van der Waals surface area (Å²) < 4.78 is 33.0. The van der Waals surface area contributed by atoms with E-state index in [0.29, 0.717) is 30.2 Å². The molecule has 2 aliphatic heterocycles. The van der Waals surface area contributed by atoms with E-state index in [0.717, 1.165) is 5.69 Å². The average Bonchev–Trinajstić information content (AvgIpc) is 2.94. The van der Waals surface area contributed by atoms with E-state index in [1.165, 1.54) is 4.31 Å². The van der Waals surface area contributed by atoms with Gasteiger partial charge in [0, 0.05) is 25.3 Å². The maximum absolute atomic E-state index is 13.1. The first-order chi connectivity index (χ1) is 12.9. The van der Waals surface area contributed by atoms with Gasteiger partial charge in [-0.05, 0) is 50.2 Å². The van der Waals surface area contributed by atoms with Gasteiger partial charge in [-0.25, -0.2) is 8.42 Å². The van der Waals surface area contributed by atoms with Gasteiger partial charge in [-0.2, -0.15) is 4.31 Å². The molecule has 0 spiro atoms. The van der Waals surface area contributed by atoms with Crippen LogP contribution in [0.1, 0.15) is 34.7 Å². The van der Waals surface area contributed by atoms with Crippen LogP contribution in [0.5, 0.6) is 5.75 Å². The average molecular weight is 387 g/mol. The topological polar surface area (TPSA) is 79.8 Å². The van der Waals surface area contributed by atoms with Crippen molar-refractivity contribution in [1.29, 1.82) is 0 Å². The Morgan fingerprint density at radius 3 is 2.59 bits per heavy atom. The van der Waals surface area contributed by atoms with Gasteiger partial charge in [0.05, 0.1) is 28.8 Å². The normalized spacial score (nSPS) is 19.7. The molecule has 2 aliphatic rings. The van der Waals surface area contributed by atoms with Crippen molar-refractivity contribution < 1.29 is 17.9 Å². The highest BCUT2D eigenvalue weighted by atomic mass is 32.2. The number of carbonyl (C=O) groups is 1. The lowest BCUT2D eigenvalue weighted by Crippen LogP contribution is -2.49. The van der Waals surface area contributed by atoms with Gasteiger partial charge in [-0.15, -0.1) is 0 Å². The monoisotopic (exact) mass is 387 g/mol. The third-order valence-corrected chi connectivity index (χ3v) is 6.87. The van der Waals surface area contributed by atoms with Crippen LogP contribution in [0.25, 0.3) is 0 Å². The largest absolute Gasteiger partial charge is 0.494 e. The van der Waals surface area contributed by atoms with E-state index >= 15 is 0 Å². The van der Waals surface area contributed by atoms with E-state index in [2.05, 4.69) is 4.98 Å². The molecule has 27 heavy (non-hydrogen) atoms. The Bertz CT molecular complexity index is 989. The molecule has 142 valence electrons. The van der Waals surface area contributed by atoms with Crippen molar-refractivity contribution in [3.05, 3.63) is 53.3 Å². The summed E-state index contributed by atoms with van der Waals surface area (Å²) in [7, 11) is -3.65. The maximum Gasteiger partial charge on any atom is 0.256 e. The second-order valence-electron chi connectivity index (χ2n) is 6.67. The Kier molecular flexibility index (Phi) is 4.39. The molecular formula is C19H21N3O4S. The molecule has 1 aromatic carbocycles. The van der Waals surface area contributed by atoms with Crippen molar-refractivity contribution >= 4 is 15.9 Å². The van der Waals surface area contributed by atoms with Crippen LogP contribution >= 0.6 is 0 Å². The maximum atomic E-state index is 13.1. The van der Waals surface area contributed by atoms with Crippen LogP contribution in [0.3, 0.4) is 0 Å². The van der Waals surface area contributed by atoms with Crippen molar-refractivity contribution in [2.45, 2.75) is 24.8 Å². The number of fused-ring (bicyclic) bond motifs is 3. The van der Waals surface area contributed by atoms with Crippen molar-refractivity contribution in [2.75, 3.05) is 26.2 Å². The number of sulfonamides is 1. The number of pyridine rings is 1. The van der Waals surface area contributed by atoms with Gasteiger partial charge in [-0.3, -0.25) is 9.78 Å². The molecule has 1 unspecified atom stereocenters. The number of piperazine rings is 1. The second-order valence-corrected chi connectivity index (χ2v) is 8.61. The van der Waals surface area contributed by atoms with E-state index in [1.54, 1.807) is 35.2 Å². The van der Waals surface area contributed by atoms with Crippen molar-refractivity contribution in [2.24, 2.45) is 0 Å². The van der Waals surface area contributed by atoms with Crippen LogP contribution in [0.2, 0.25) is 0 Å². The van der Waals surface area contributed by atoms with E-state index < -0.39 is 10.0 Å². The molecule has 1 saturated heterocycles. The lowest BCUT2D eigenvalue weighted by atomic mass is 10.1. The summed E-state index contributed by atoms with van der Waals surface area (Å²) in [6.07, 6.45) is 0. The highest BCUT2D eigenvalue weighted by Crippen LogP contribution is 2.36. The third-order valence-electron chi connectivity index (χ3n) is 4.99. The molecule has 1 amide bonds. The number of aryl methyl sites for hydroxylation is 1. The minimum Gasteiger partial charge on any atom is -0.494 e. The van der Waals surface area contributed by atoms with Crippen LogP contribution in [-0.2, 0) is 10.0 Å². The molecular weight excluding hydrogens is 366 g/mol. The first-order valence-electron chi connectivity index (χ1n) is 8.93. The fourth-order valence-corrected chi connectivity index (χ4v) is 5.08. The molecule has 4 rings (SSSR count). The smallest absolute Gasteiger partial charge is 0.256 e. The quantitative estimate of drug-likeness (QED) is 0.802. The lowest BCUT2D eigenvalue weighted by molar-refractivity contribution is 0.0625. The number of rotatable bonds is 4. The SMILES string of the molecule is CCOc1ccc(S(=O)(=O)N2CCN3C(=O)c4ccc(C)nc4C3C2)cc1. The summed E-state index contributed by atoms with van der Waals surface area (Å²) in [5.74, 6) is 0.567. The minimum atomic E-state index is -3.65. The second kappa shape index (κ2) is 6.61. The summed E-state index contributed by atoms with van der Waals surface area (Å²) in [5, 5.41) is 0. The van der Waals surface area contributed by atoms with Gasteiger partial charge < -0.3 is 9.64 Å². The summed E-state index contributed by atoms with van der Waals surface area (Å²) >= 11 is 0. The predicted octanol–water partition coefficient (Wildman–Crippen LogP) is 1.99. The predicted molar refractivity (Wildman–Crippen MR) is 99.1 cm³/mol. The van der Waals surface area contributed by atoms with Gasteiger partial charge in [0.2, 0.25) is 10.0 Å². The minimum absolute atomic E-state index is 0.0689. The number of aromatic nitrogens is 1. The Morgan fingerprint density at radius 2 is 1.89 bits per heavy atom. The summed E-state index contributed by atoms with van der Waals surface area (Å²) in [6, 6.07) is 9.69. The fourth-order valence-electron chi connectivity index (χ4n) is 3.64. The van der Waals surface area contributed by atoms with Gasteiger partial charge >= 0.3 is 0 Å². The van der Waals surface area contributed by atoms with Crippen molar-refractivity contribution in [3.8, 4) is 5.75 Å². The molecule has 0 N–H and O–H groups in total. The number of hydrogen-bond donors (Lipinski definition) is 0. The van der Waals surface area contributed by atoms with Crippen LogP contribution in [0, 0.1) is 6.92 Å². The zero-order valence-electron chi connectivity index (χ0n) is 15.3. The number of ether oxygens (including phenoxy) is 1. The first-order valence-corrected chi connectivity index (χ1v) is 10.4. The molecule has 0 radical (unpaired) electrons. The zero-order valence-corrected chi connectivity index (χ0v) is 16.1. The van der Waals surface area contributed by atoms with Crippen molar-refractivity contribution in [3.63, 3.8) is 0 Å². The fraction of sp³-hybridized carbons (Fsp3) is 0.368. The zero-order chi connectivity index (χ0) is 19.2. The van der Waals surface area contributed by atoms with E-state index in [4.69, 9.17) is 4.74 Å². The molecule has 0 aliphatic carbocycles. The summed E-state index contributed by atoms with van der Waals surface area (Å²) in [5.41, 5.74) is 2.06. The van der Waals surface area contributed by atoms with Crippen LogP contribution in [-0.4, -0.2) is 54.8 Å². The number of benzene rings is 1. The molecule has 3 heterocycles. The number of carbonyl (C=O) groups excluding carboxylic acids is 1. The lowest BCUT2D eigenvalue weighted by Gasteiger charge is -2.36. The van der Waals surface area contributed by atoms with Gasteiger partial charge in [0.15, 0.2) is 0 Å². The standard InChI is InChI=1S/C19H21N3O4S/c1-3-26-14-5-7-15(8-6-14)27(24,25)21-10-11-22-17(12-21)18-16(19(22)23)9-4-13(2)20-18/h4-9,17H,3,10-12H2,1-2H3. The van der Waals surface area contributed by atoms with Crippen molar-refractivity contribution in [1.82, 2.24) is 14.2 Å². The summed E-state index contributed by atoms with van der Waals surface area (Å²) in [6.45, 7) is 5.10. The molecule has 7 nitrogen and oxygen atoms in total. The molecule has 1 aromatic heterocycles. The van der Waals surface area contributed by atoms with Crippen LogP contribution in [0.4, 0.5) is 0 Å². The molecule has 2 aromatic rings. The van der Waals surface area contributed by atoms with E-state index in [1.807, 2.05) is 19.9 Å². The number of hydrogen-bond acceptors (Lipinski definition) is 5. The van der Waals surface area contributed by atoms with Crippen LogP contribution in [0.15, 0.2) is 41.3 Å². The highest BCUT2D eigenvalue weighted by molar-refractivity contribution is 7.89. The molecule has 8 heteroatoms. The Balaban J connectivity index is 1.62. The Labute approximate surface area is 158 Å².